The van der Waals surface area contributed by atoms with Gasteiger partial charge in [-0.25, -0.2) is 0 Å². The number of amides is 1. The van der Waals surface area contributed by atoms with E-state index in [0.29, 0.717) is 12.3 Å². The minimum Gasteiger partial charge on any atom is -0.345 e. The Hall–Kier alpha value is -0.390. The van der Waals surface area contributed by atoms with Crippen LogP contribution < -0.4 is 5.32 Å². The standard InChI is InChI=1S/C13H19BrN2OS/c1-16(7-5-11-2-3-12(14)18-11)13(17)8-10-4-6-15-9-10/h2-3,10,15H,4-9H2,1H3. The second-order valence-electron chi connectivity index (χ2n) is 4.83. The molecule has 0 spiro atoms. The lowest BCUT2D eigenvalue weighted by Gasteiger charge is -2.18. The number of rotatable bonds is 5. The lowest BCUT2D eigenvalue weighted by Crippen LogP contribution is -2.30. The van der Waals surface area contributed by atoms with E-state index in [1.54, 1.807) is 11.3 Å². The van der Waals surface area contributed by atoms with E-state index in [2.05, 4.69) is 33.4 Å². The molecule has 1 aliphatic heterocycles. The molecule has 1 atom stereocenters. The highest BCUT2D eigenvalue weighted by Crippen LogP contribution is 2.22. The van der Waals surface area contributed by atoms with E-state index >= 15 is 0 Å². The summed E-state index contributed by atoms with van der Waals surface area (Å²) in [7, 11) is 1.91. The molecular weight excluding hydrogens is 312 g/mol. The summed E-state index contributed by atoms with van der Waals surface area (Å²) in [6.07, 6.45) is 2.77. The molecule has 1 aromatic rings. The first kappa shape index (κ1) is 14.0. The Morgan fingerprint density at radius 2 is 2.44 bits per heavy atom. The van der Waals surface area contributed by atoms with Crippen LogP contribution in [0, 0.1) is 5.92 Å². The highest BCUT2D eigenvalue weighted by atomic mass is 79.9. The van der Waals surface area contributed by atoms with Crippen LogP contribution in [0.25, 0.3) is 0 Å². The topological polar surface area (TPSA) is 32.3 Å². The van der Waals surface area contributed by atoms with Gasteiger partial charge in [-0.3, -0.25) is 4.79 Å². The van der Waals surface area contributed by atoms with Gasteiger partial charge in [-0.2, -0.15) is 0 Å². The Kier molecular flexibility index (Phi) is 5.21. The predicted molar refractivity (Wildman–Crippen MR) is 79.0 cm³/mol. The SMILES string of the molecule is CN(CCc1ccc(Br)s1)C(=O)CC1CCNC1. The predicted octanol–water partition coefficient (Wildman–Crippen LogP) is 2.51. The van der Waals surface area contributed by atoms with Crippen molar-refractivity contribution in [2.75, 3.05) is 26.7 Å². The number of carbonyl (C=O) groups is 1. The lowest BCUT2D eigenvalue weighted by molar-refractivity contribution is -0.130. The van der Waals surface area contributed by atoms with Crippen LogP contribution in [0.2, 0.25) is 0 Å². The summed E-state index contributed by atoms with van der Waals surface area (Å²) in [5, 5.41) is 3.30. The quantitative estimate of drug-likeness (QED) is 0.899. The van der Waals surface area contributed by atoms with Crippen molar-refractivity contribution in [3.8, 4) is 0 Å². The van der Waals surface area contributed by atoms with Gasteiger partial charge in [-0.15, -0.1) is 11.3 Å². The van der Waals surface area contributed by atoms with Crippen molar-refractivity contribution in [2.45, 2.75) is 19.3 Å². The molecule has 1 unspecified atom stereocenters. The molecule has 2 heterocycles. The highest BCUT2D eigenvalue weighted by Gasteiger charge is 2.20. The number of nitrogens with one attached hydrogen (secondary N) is 1. The molecule has 0 aromatic carbocycles. The first-order valence-corrected chi connectivity index (χ1v) is 7.95. The van der Waals surface area contributed by atoms with Crippen molar-refractivity contribution in [1.29, 1.82) is 0 Å². The van der Waals surface area contributed by atoms with E-state index < -0.39 is 0 Å². The molecule has 2 rings (SSSR count). The molecule has 3 nitrogen and oxygen atoms in total. The van der Waals surface area contributed by atoms with Crippen molar-refractivity contribution in [2.24, 2.45) is 5.92 Å². The molecule has 5 heteroatoms. The average Bonchev–Trinajstić information content (AvgIpc) is 2.97. The van der Waals surface area contributed by atoms with Gasteiger partial charge >= 0.3 is 0 Å². The lowest BCUT2D eigenvalue weighted by atomic mass is 10.0. The zero-order valence-electron chi connectivity index (χ0n) is 10.6. The van der Waals surface area contributed by atoms with E-state index in [1.165, 1.54) is 4.88 Å². The average molecular weight is 331 g/mol. The van der Waals surface area contributed by atoms with Gasteiger partial charge in [-0.05, 0) is 59.9 Å². The maximum Gasteiger partial charge on any atom is 0.222 e. The van der Waals surface area contributed by atoms with E-state index in [-0.39, 0.29) is 5.91 Å². The van der Waals surface area contributed by atoms with Gasteiger partial charge in [0.1, 0.15) is 0 Å². The van der Waals surface area contributed by atoms with Crippen LogP contribution >= 0.6 is 27.3 Å². The molecule has 1 aromatic heterocycles. The van der Waals surface area contributed by atoms with Crippen LogP contribution in [0.1, 0.15) is 17.7 Å². The molecule has 18 heavy (non-hydrogen) atoms. The van der Waals surface area contributed by atoms with Gasteiger partial charge in [0.25, 0.3) is 0 Å². The van der Waals surface area contributed by atoms with Crippen LogP contribution in [0.5, 0.6) is 0 Å². The van der Waals surface area contributed by atoms with Gasteiger partial charge < -0.3 is 10.2 Å². The van der Waals surface area contributed by atoms with Gasteiger partial charge in [0.15, 0.2) is 0 Å². The second kappa shape index (κ2) is 6.68. The van der Waals surface area contributed by atoms with Gasteiger partial charge in [0.2, 0.25) is 5.91 Å². The molecule has 1 amide bonds. The Labute approximate surface area is 121 Å². The number of likely N-dealkylation sites (N-methyl/N-ethyl adjacent to an activating group) is 1. The molecule has 100 valence electrons. The van der Waals surface area contributed by atoms with Crippen molar-refractivity contribution in [1.82, 2.24) is 10.2 Å². The molecule has 1 fully saturated rings. The molecule has 1 saturated heterocycles. The summed E-state index contributed by atoms with van der Waals surface area (Å²) in [5.41, 5.74) is 0. The first-order valence-electron chi connectivity index (χ1n) is 6.34. The smallest absolute Gasteiger partial charge is 0.222 e. The fourth-order valence-corrected chi connectivity index (χ4v) is 3.65. The highest BCUT2D eigenvalue weighted by molar-refractivity contribution is 9.11. The van der Waals surface area contributed by atoms with Gasteiger partial charge in [-0.1, -0.05) is 0 Å². The van der Waals surface area contributed by atoms with Crippen molar-refractivity contribution < 1.29 is 4.79 Å². The molecule has 1 aliphatic rings. The van der Waals surface area contributed by atoms with Crippen molar-refractivity contribution in [3.63, 3.8) is 0 Å². The fourth-order valence-electron chi connectivity index (χ4n) is 2.18. The molecule has 0 bridgehead atoms. The summed E-state index contributed by atoms with van der Waals surface area (Å²) in [6, 6.07) is 4.18. The normalized spacial score (nSPS) is 19.1. The summed E-state index contributed by atoms with van der Waals surface area (Å²) in [4.78, 5) is 15.2. The molecule has 0 saturated carbocycles. The third-order valence-corrected chi connectivity index (χ3v) is 5.06. The Morgan fingerprint density at radius 1 is 1.61 bits per heavy atom. The molecule has 1 N–H and O–H groups in total. The van der Waals surface area contributed by atoms with E-state index in [4.69, 9.17) is 0 Å². The third-order valence-electron chi connectivity index (χ3n) is 3.37. The van der Waals surface area contributed by atoms with Gasteiger partial charge in [0.05, 0.1) is 3.79 Å². The third kappa shape index (κ3) is 4.07. The van der Waals surface area contributed by atoms with E-state index in [9.17, 15) is 4.79 Å². The first-order chi connectivity index (χ1) is 8.65. The zero-order valence-corrected chi connectivity index (χ0v) is 13.0. The summed E-state index contributed by atoms with van der Waals surface area (Å²) >= 11 is 5.20. The van der Waals surface area contributed by atoms with Crippen LogP contribution in [0.4, 0.5) is 0 Å². The summed E-state index contributed by atoms with van der Waals surface area (Å²) < 4.78 is 1.16. The second-order valence-corrected chi connectivity index (χ2v) is 7.38. The number of hydrogen-bond donors (Lipinski definition) is 1. The van der Waals surface area contributed by atoms with Crippen LogP contribution in [-0.4, -0.2) is 37.5 Å². The summed E-state index contributed by atoms with van der Waals surface area (Å²) in [5.74, 6) is 0.815. The number of carbonyl (C=O) groups excluding carboxylic acids is 1. The molecule has 0 radical (unpaired) electrons. The molecule has 0 aliphatic carbocycles. The van der Waals surface area contributed by atoms with E-state index in [1.807, 2.05) is 11.9 Å². The maximum absolute atomic E-state index is 12.0. The maximum atomic E-state index is 12.0. The Morgan fingerprint density at radius 3 is 3.06 bits per heavy atom. The fraction of sp³-hybridized carbons (Fsp3) is 0.615. The van der Waals surface area contributed by atoms with Crippen molar-refractivity contribution in [3.05, 3.63) is 20.8 Å². The largest absolute Gasteiger partial charge is 0.345 e. The van der Waals surface area contributed by atoms with E-state index in [0.717, 1.165) is 36.3 Å². The zero-order chi connectivity index (χ0) is 13.0. The minimum absolute atomic E-state index is 0.277. The Bertz CT molecular complexity index is 401. The number of halogens is 1. The van der Waals surface area contributed by atoms with Crippen LogP contribution in [0.15, 0.2) is 15.9 Å². The molecular formula is C13H19BrN2OS. The number of thiophene rings is 1. The minimum atomic E-state index is 0.277. The van der Waals surface area contributed by atoms with Crippen LogP contribution in [0.3, 0.4) is 0 Å². The Balaban J connectivity index is 1.73. The monoisotopic (exact) mass is 330 g/mol. The van der Waals surface area contributed by atoms with Crippen LogP contribution in [-0.2, 0) is 11.2 Å². The van der Waals surface area contributed by atoms with Gasteiger partial charge in [0, 0.05) is 24.9 Å². The number of nitrogens with zero attached hydrogens (tertiary/aromatic N) is 1. The number of hydrogen-bond acceptors (Lipinski definition) is 3. The summed E-state index contributed by atoms with van der Waals surface area (Å²) in [6.45, 7) is 2.87. The van der Waals surface area contributed by atoms with Crippen molar-refractivity contribution >= 4 is 33.2 Å².